The average molecular weight is 496 g/mol. The van der Waals surface area contributed by atoms with Gasteiger partial charge in [-0.25, -0.2) is 22.5 Å². The lowest BCUT2D eigenvalue weighted by atomic mass is 10.0. The van der Waals surface area contributed by atoms with Crippen molar-refractivity contribution < 1.29 is 22.4 Å². The van der Waals surface area contributed by atoms with E-state index in [9.17, 15) is 22.4 Å². The fourth-order valence-electron chi connectivity index (χ4n) is 4.42. The van der Waals surface area contributed by atoms with Gasteiger partial charge in [-0.15, -0.1) is 0 Å². The van der Waals surface area contributed by atoms with Crippen molar-refractivity contribution in [3.8, 4) is 5.69 Å². The van der Waals surface area contributed by atoms with Gasteiger partial charge in [0.05, 0.1) is 17.6 Å². The number of carbonyl (C=O) groups is 2. The molecule has 2 aromatic heterocycles. The Balaban J connectivity index is 1.37. The van der Waals surface area contributed by atoms with Crippen LogP contribution in [0, 0.1) is 11.7 Å². The van der Waals surface area contributed by atoms with Gasteiger partial charge in [-0.1, -0.05) is 6.08 Å². The van der Waals surface area contributed by atoms with Crippen LogP contribution in [-0.2, 0) is 26.0 Å². The fourth-order valence-corrected chi connectivity index (χ4v) is 5.49. The zero-order valence-electron chi connectivity index (χ0n) is 18.5. The van der Waals surface area contributed by atoms with Crippen LogP contribution in [-0.4, -0.2) is 40.7 Å². The second kappa shape index (κ2) is 8.73. The molecule has 2 amide bonds. The van der Waals surface area contributed by atoms with Crippen molar-refractivity contribution in [2.75, 3.05) is 5.75 Å². The molecule has 0 bridgehead atoms. The van der Waals surface area contributed by atoms with Gasteiger partial charge in [-0.2, -0.15) is 5.10 Å². The quantitative estimate of drug-likeness (QED) is 0.513. The molecule has 2 atom stereocenters. The number of amides is 2. The molecular formula is C24H22FN5O4S. The smallest absolute Gasteiger partial charge is 0.251 e. The Morgan fingerprint density at radius 3 is 2.71 bits per heavy atom. The van der Waals surface area contributed by atoms with Crippen LogP contribution in [0.4, 0.5) is 4.39 Å². The third-order valence-electron chi connectivity index (χ3n) is 6.21. The summed E-state index contributed by atoms with van der Waals surface area (Å²) < 4.78 is 39.7. The molecule has 11 heteroatoms. The lowest BCUT2D eigenvalue weighted by Gasteiger charge is -2.11. The van der Waals surface area contributed by atoms with Gasteiger partial charge >= 0.3 is 0 Å². The second-order valence-corrected chi connectivity index (χ2v) is 10.6. The van der Waals surface area contributed by atoms with Crippen LogP contribution >= 0.6 is 0 Å². The first-order valence-corrected chi connectivity index (χ1v) is 12.7. The number of nitrogens with two attached hydrogens (primary N) is 1. The number of carbonyl (C=O) groups excluding carboxylic acids is 2. The van der Waals surface area contributed by atoms with Gasteiger partial charge < -0.3 is 11.1 Å². The van der Waals surface area contributed by atoms with E-state index in [0.29, 0.717) is 17.1 Å². The zero-order valence-corrected chi connectivity index (χ0v) is 19.3. The summed E-state index contributed by atoms with van der Waals surface area (Å²) in [6, 6.07) is 8.95. The van der Waals surface area contributed by atoms with Crippen molar-refractivity contribution >= 4 is 27.2 Å². The molecule has 9 nitrogen and oxygen atoms in total. The van der Waals surface area contributed by atoms with E-state index in [0.717, 1.165) is 29.8 Å². The number of pyridine rings is 1. The summed E-state index contributed by atoms with van der Waals surface area (Å²) in [5.74, 6) is -1.76. The molecule has 5 rings (SSSR count). The SMILES string of the molecule is NC(=O)CS(=O)(=O)c1cc(CNC(=O)C2=CCC3CC3c3c2cnn3-c2ccc(F)cc2)ccn1. The number of fused-ring (bicyclic) bond motifs is 3. The molecule has 0 spiro atoms. The number of halogens is 1. The Morgan fingerprint density at radius 2 is 1.97 bits per heavy atom. The Bertz CT molecular complexity index is 1460. The monoisotopic (exact) mass is 495 g/mol. The molecule has 1 fully saturated rings. The molecule has 1 saturated carbocycles. The molecule has 0 radical (unpaired) electrons. The number of sulfone groups is 1. The Labute approximate surface area is 200 Å². The lowest BCUT2D eigenvalue weighted by molar-refractivity contribution is -0.116. The second-order valence-electron chi connectivity index (χ2n) is 8.70. The summed E-state index contributed by atoms with van der Waals surface area (Å²) in [5.41, 5.74) is 8.41. The molecule has 2 aliphatic rings. The van der Waals surface area contributed by atoms with Gasteiger partial charge in [0.25, 0.3) is 5.91 Å². The van der Waals surface area contributed by atoms with Crippen molar-refractivity contribution in [1.29, 1.82) is 0 Å². The summed E-state index contributed by atoms with van der Waals surface area (Å²) in [6.07, 6.45) is 6.64. The van der Waals surface area contributed by atoms with E-state index in [2.05, 4.69) is 15.4 Å². The van der Waals surface area contributed by atoms with Crippen LogP contribution in [0.5, 0.6) is 0 Å². The summed E-state index contributed by atoms with van der Waals surface area (Å²) in [4.78, 5) is 28.0. The minimum absolute atomic E-state index is 0.0616. The number of aromatic nitrogens is 3. The first-order chi connectivity index (χ1) is 16.7. The molecule has 0 saturated heterocycles. The van der Waals surface area contributed by atoms with Gasteiger partial charge in [-0.3, -0.25) is 9.59 Å². The third-order valence-corrected chi connectivity index (χ3v) is 7.74. The normalized spacial score (nSPS) is 18.6. The minimum atomic E-state index is -3.96. The maximum atomic E-state index is 13.4. The number of primary amides is 1. The number of hydrogen-bond acceptors (Lipinski definition) is 6. The first-order valence-electron chi connectivity index (χ1n) is 11.0. The highest BCUT2D eigenvalue weighted by Gasteiger charge is 2.44. The van der Waals surface area contributed by atoms with Crippen LogP contribution in [0.1, 0.15) is 35.6 Å². The van der Waals surface area contributed by atoms with Crippen molar-refractivity contribution in [2.24, 2.45) is 11.7 Å². The Kier molecular flexibility index (Phi) is 5.72. The molecule has 2 aliphatic carbocycles. The number of allylic oxidation sites excluding steroid dienone is 1. The molecule has 180 valence electrons. The van der Waals surface area contributed by atoms with Crippen LogP contribution in [0.25, 0.3) is 11.3 Å². The number of hydrogen-bond donors (Lipinski definition) is 2. The standard InChI is InChI=1S/C24H22FN5O4S/c25-16-2-4-17(5-3-16)30-23-19-10-15(19)1-6-18(20(23)12-29-30)24(32)28-11-14-7-8-27-22(9-14)35(33,34)13-21(26)31/h2-9,12,15,19H,1,10-11,13H2,(H2,26,31)(H,28,32). The van der Waals surface area contributed by atoms with Crippen molar-refractivity contribution in [3.05, 3.63) is 77.5 Å². The summed E-state index contributed by atoms with van der Waals surface area (Å²) in [5, 5.41) is 7.05. The van der Waals surface area contributed by atoms with E-state index >= 15 is 0 Å². The highest BCUT2D eigenvalue weighted by molar-refractivity contribution is 7.92. The van der Waals surface area contributed by atoms with E-state index in [1.807, 2.05) is 6.08 Å². The van der Waals surface area contributed by atoms with Gasteiger partial charge in [0.15, 0.2) is 5.03 Å². The molecular weight excluding hydrogens is 473 g/mol. The van der Waals surface area contributed by atoms with Gasteiger partial charge in [0.1, 0.15) is 11.6 Å². The zero-order chi connectivity index (χ0) is 24.7. The van der Waals surface area contributed by atoms with Gasteiger partial charge in [0.2, 0.25) is 15.7 Å². The molecule has 35 heavy (non-hydrogen) atoms. The Hall–Kier alpha value is -3.86. The summed E-state index contributed by atoms with van der Waals surface area (Å²) in [6.45, 7) is 0.0616. The molecule has 3 aromatic rings. The van der Waals surface area contributed by atoms with E-state index in [4.69, 9.17) is 5.73 Å². The van der Waals surface area contributed by atoms with E-state index in [1.54, 1.807) is 29.1 Å². The predicted octanol–water partition coefficient (Wildman–Crippen LogP) is 1.87. The minimum Gasteiger partial charge on any atom is -0.369 e. The number of nitrogens with one attached hydrogen (secondary N) is 1. The number of rotatable bonds is 7. The Morgan fingerprint density at radius 1 is 1.20 bits per heavy atom. The van der Waals surface area contributed by atoms with E-state index in [1.165, 1.54) is 24.4 Å². The average Bonchev–Trinajstić information content (AvgIpc) is 3.49. The molecule has 2 heterocycles. The van der Waals surface area contributed by atoms with Crippen LogP contribution < -0.4 is 11.1 Å². The number of benzene rings is 1. The van der Waals surface area contributed by atoms with Crippen LogP contribution in [0.2, 0.25) is 0 Å². The molecule has 0 aliphatic heterocycles. The van der Waals surface area contributed by atoms with E-state index < -0.39 is 21.5 Å². The summed E-state index contributed by atoms with van der Waals surface area (Å²) in [7, 11) is -3.96. The lowest BCUT2D eigenvalue weighted by Crippen LogP contribution is -2.25. The first kappa shape index (κ1) is 22.9. The molecule has 2 unspecified atom stereocenters. The fraction of sp³-hybridized carbons (Fsp3) is 0.250. The molecule has 3 N–H and O–H groups in total. The van der Waals surface area contributed by atoms with E-state index in [-0.39, 0.29) is 29.2 Å². The van der Waals surface area contributed by atoms with Gasteiger partial charge in [0, 0.05) is 29.8 Å². The van der Waals surface area contributed by atoms with Crippen molar-refractivity contribution in [3.63, 3.8) is 0 Å². The largest absolute Gasteiger partial charge is 0.369 e. The maximum absolute atomic E-state index is 13.4. The van der Waals surface area contributed by atoms with Crippen LogP contribution in [0.3, 0.4) is 0 Å². The van der Waals surface area contributed by atoms with Crippen molar-refractivity contribution in [2.45, 2.75) is 30.3 Å². The maximum Gasteiger partial charge on any atom is 0.251 e. The highest BCUT2D eigenvalue weighted by atomic mass is 32.2. The van der Waals surface area contributed by atoms with Gasteiger partial charge in [-0.05, 0) is 60.7 Å². The predicted molar refractivity (Wildman–Crippen MR) is 124 cm³/mol. The summed E-state index contributed by atoms with van der Waals surface area (Å²) >= 11 is 0. The topological polar surface area (TPSA) is 137 Å². The number of nitrogens with zero attached hydrogens (tertiary/aromatic N) is 3. The van der Waals surface area contributed by atoms with Crippen molar-refractivity contribution in [1.82, 2.24) is 20.1 Å². The van der Waals surface area contributed by atoms with Crippen LogP contribution in [0.15, 0.2) is 59.9 Å². The highest BCUT2D eigenvalue weighted by Crippen LogP contribution is 2.54. The molecule has 1 aromatic carbocycles. The third kappa shape index (κ3) is 4.59.